The molecule has 0 unspecified atom stereocenters. The van der Waals surface area contributed by atoms with Crippen molar-refractivity contribution in [3.05, 3.63) is 38.9 Å². The normalized spacial score (nSPS) is 15.0. The van der Waals surface area contributed by atoms with E-state index >= 15 is 0 Å². The van der Waals surface area contributed by atoms with Crippen molar-refractivity contribution in [1.82, 2.24) is 15.5 Å². The van der Waals surface area contributed by atoms with E-state index in [0.29, 0.717) is 18.0 Å². The van der Waals surface area contributed by atoms with Gasteiger partial charge in [0.05, 0.1) is 16.5 Å². The van der Waals surface area contributed by atoms with Crippen LogP contribution in [0.3, 0.4) is 0 Å². The molecule has 0 spiro atoms. The van der Waals surface area contributed by atoms with Crippen LogP contribution in [0.4, 0.5) is 5.69 Å². The maximum atomic E-state index is 11.9. The van der Waals surface area contributed by atoms with Crippen LogP contribution in [-0.2, 0) is 4.79 Å². The summed E-state index contributed by atoms with van der Waals surface area (Å²) in [6, 6.07) is 4.81. The molecule has 1 aromatic carbocycles. The fourth-order valence-corrected chi connectivity index (χ4v) is 2.29. The minimum absolute atomic E-state index is 0.149. The van der Waals surface area contributed by atoms with Gasteiger partial charge in [0, 0.05) is 6.42 Å². The number of fused-ring (bicyclic) bond motifs is 1. The first-order chi connectivity index (χ1) is 9.65. The number of rotatable bonds is 3. The van der Waals surface area contributed by atoms with Gasteiger partial charge in [-0.25, -0.2) is 0 Å². The van der Waals surface area contributed by atoms with Crippen molar-refractivity contribution in [3.8, 4) is 0 Å². The van der Waals surface area contributed by atoms with E-state index in [4.69, 9.17) is 0 Å². The topological polar surface area (TPSA) is 107 Å². The molecule has 104 valence electrons. The molecule has 1 fully saturated rings. The average Bonchev–Trinajstić information content (AvgIpc) is 2.39. The van der Waals surface area contributed by atoms with Crippen LogP contribution in [0.25, 0.3) is 10.8 Å². The van der Waals surface area contributed by atoms with Crippen molar-refractivity contribution in [2.45, 2.75) is 6.42 Å². The van der Waals surface area contributed by atoms with Gasteiger partial charge in [-0.2, -0.15) is 0 Å². The van der Waals surface area contributed by atoms with Crippen LogP contribution >= 0.6 is 0 Å². The maximum Gasteiger partial charge on any atom is 0.272 e. The smallest absolute Gasteiger partial charge is 0.272 e. The van der Waals surface area contributed by atoms with E-state index in [-0.39, 0.29) is 22.2 Å². The van der Waals surface area contributed by atoms with Crippen LogP contribution in [0.1, 0.15) is 6.42 Å². The molecule has 2 heterocycles. The summed E-state index contributed by atoms with van der Waals surface area (Å²) >= 11 is 0. The summed E-state index contributed by atoms with van der Waals surface area (Å²) in [6.45, 7) is 1.67. The highest BCUT2D eigenvalue weighted by Gasteiger charge is 2.20. The lowest BCUT2D eigenvalue weighted by atomic mass is 9.99. The number of aromatic nitrogens is 2. The van der Waals surface area contributed by atoms with Gasteiger partial charge >= 0.3 is 0 Å². The zero-order valence-electron chi connectivity index (χ0n) is 10.7. The molecule has 1 aromatic heterocycles. The lowest BCUT2D eigenvalue weighted by molar-refractivity contribution is -0.117. The first kappa shape index (κ1) is 12.6. The Bertz CT molecular complexity index is 773. The maximum absolute atomic E-state index is 11.9. The zero-order chi connectivity index (χ0) is 14.1. The Morgan fingerprint density at radius 3 is 2.65 bits per heavy atom. The predicted octanol–water partition coefficient (Wildman–Crippen LogP) is -0.236. The highest BCUT2D eigenvalue weighted by Crippen LogP contribution is 2.18. The summed E-state index contributed by atoms with van der Waals surface area (Å²) in [5, 5.41) is 10.8. The minimum atomic E-state index is -0.430. The van der Waals surface area contributed by atoms with Crippen molar-refractivity contribution in [2.75, 3.05) is 18.4 Å². The van der Waals surface area contributed by atoms with E-state index in [2.05, 4.69) is 20.8 Å². The molecule has 2 aromatic rings. The Morgan fingerprint density at radius 1 is 1.20 bits per heavy atom. The molecular weight excluding hydrogens is 260 g/mol. The lowest BCUT2D eigenvalue weighted by Gasteiger charge is -2.26. The number of nitrogens with one attached hydrogen (secondary N) is 4. The first-order valence-corrected chi connectivity index (χ1v) is 6.39. The Morgan fingerprint density at radius 2 is 1.95 bits per heavy atom. The average molecular weight is 274 g/mol. The molecule has 1 aliphatic rings. The van der Waals surface area contributed by atoms with Gasteiger partial charge in [-0.05, 0) is 31.1 Å². The van der Waals surface area contributed by atoms with Gasteiger partial charge in [0.2, 0.25) is 5.91 Å². The van der Waals surface area contributed by atoms with Crippen LogP contribution in [0, 0.1) is 5.92 Å². The van der Waals surface area contributed by atoms with Crippen molar-refractivity contribution in [2.24, 2.45) is 5.92 Å². The molecule has 1 saturated heterocycles. The fourth-order valence-electron chi connectivity index (χ4n) is 2.29. The standard InChI is InChI=1S/C13H14N4O3/c18-10(4-7-5-14-6-7)15-9-3-1-2-8-11(9)13(20)17-16-12(8)19/h1-3,7,14H,4-6H2,(H,15,18)(H,16,19)(H,17,20). The number of hydrogen-bond donors (Lipinski definition) is 4. The lowest BCUT2D eigenvalue weighted by Crippen LogP contribution is -2.43. The molecule has 1 aliphatic heterocycles. The highest BCUT2D eigenvalue weighted by atomic mass is 16.2. The summed E-state index contributed by atoms with van der Waals surface area (Å²) in [6.07, 6.45) is 0.407. The van der Waals surface area contributed by atoms with Crippen LogP contribution < -0.4 is 21.8 Å². The van der Waals surface area contributed by atoms with Gasteiger partial charge in [0.25, 0.3) is 11.1 Å². The number of anilines is 1. The number of amides is 1. The van der Waals surface area contributed by atoms with Gasteiger partial charge in [0.15, 0.2) is 0 Å². The van der Waals surface area contributed by atoms with Gasteiger partial charge < -0.3 is 10.6 Å². The molecule has 0 bridgehead atoms. The fraction of sp³-hybridized carbons (Fsp3) is 0.308. The summed E-state index contributed by atoms with van der Waals surface area (Å²) in [7, 11) is 0. The van der Waals surface area contributed by atoms with E-state index < -0.39 is 5.56 Å². The SMILES string of the molecule is O=C(CC1CNC1)Nc1cccc2c(=O)[nH][nH]c(=O)c12. The van der Waals surface area contributed by atoms with Crippen LogP contribution in [0.2, 0.25) is 0 Å². The molecule has 3 rings (SSSR count). The van der Waals surface area contributed by atoms with Crippen molar-refractivity contribution < 1.29 is 4.79 Å². The van der Waals surface area contributed by atoms with Gasteiger partial charge in [-0.15, -0.1) is 0 Å². The highest BCUT2D eigenvalue weighted by molar-refractivity contribution is 6.01. The first-order valence-electron chi connectivity index (χ1n) is 6.39. The van der Waals surface area contributed by atoms with Crippen molar-refractivity contribution in [3.63, 3.8) is 0 Å². The largest absolute Gasteiger partial charge is 0.325 e. The molecule has 0 saturated carbocycles. The number of carbonyl (C=O) groups is 1. The summed E-state index contributed by atoms with van der Waals surface area (Å²) in [5.74, 6) is 0.190. The molecule has 0 radical (unpaired) electrons. The Balaban J connectivity index is 1.95. The second kappa shape index (κ2) is 4.93. The predicted molar refractivity (Wildman–Crippen MR) is 74.8 cm³/mol. The van der Waals surface area contributed by atoms with Gasteiger partial charge in [-0.3, -0.25) is 24.6 Å². The van der Waals surface area contributed by atoms with Gasteiger partial charge in [-0.1, -0.05) is 6.07 Å². The van der Waals surface area contributed by atoms with Crippen LogP contribution in [0.5, 0.6) is 0 Å². The zero-order valence-corrected chi connectivity index (χ0v) is 10.7. The van der Waals surface area contributed by atoms with E-state index in [0.717, 1.165) is 13.1 Å². The molecule has 0 aliphatic carbocycles. The quantitative estimate of drug-likeness (QED) is 0.620. The number of carbonyl (C=O) groups excluding carboxylic acids is 1. The Hall–Kier alpha value is -2.41. The Labute approximate surface area is 113 Å². The van der Waals surface area contributed by atoms with E-state index in [1.54, 1.807) is 18.2 Å². The molecule has 7 nitrogen and oxygen atoms in total. The van der Waals surface area contributed by atoms with Gasteiger partial charge in [0.1, 0.15) is 0 Å². The second-order valence-electron chi connectivity index (χ2n) is 4.91. The molecule has 4 N–H and O–H groups in total. The summed E-state index contributed by atoms with van der Waals surface area (Å²) < 4.78 is 0. The van der Waals surface area contributed by atoms with Crippen LogP contribution in [-0.4, -0.2) is 29.2 Å². The number of hydrogen-bond acceptors (Lipinski definition) is 4. The number of aromatic amines is 2. The summed E-state index contributed by atoms with van der Waals surface area (Å²) in [5.41, 5.74) is -0.452. The number of benzene rings is 1. The van der Waals surface area contributed by atoms with E-state index in [1.165, 1.54) is 0 Å². The monoisotopic (exact) mass is 274 g/mol. The van der Waals surface area contributed by atoms with E-state index in [1.807, 2.05) is 0 Å². The second-order valence-corrected chi connectivity index (χ2v) is 4.91. The Kier molecular flexibility index (Phi) is 3.11. The molecule has 1 amide bonds. The van der Waals surface area contributed by atoms with Crippen molar-refractivity contribution >= 4 is 22.4 Å². The third kappa shape index (κ3) is 2.23. The van der Waals surface area contributed by atoms with E-state index in [9.17, 15) is 14.4 Å². The van der Waals surface area contributed by atoms with Crippen molar-refractivity contribution in [1.29, 1.82) is 0 Å². The molecule has 20 heavy (non-hydrogen) atoms. The third-order valence-electron chi connectivity index (χ3n) is 3.44. The molecular formula is C13H14N4O3. The molecule has 0 atom stereocenters. The molecule has 7 heteroatoms. The third-order valence-corrected chi connectivity index (χ3v) is 3.44. The summed E-state index contributed by atoms with van der Waals surface area (Å²) in [4.78, 5) is 35.4. The van der Waals surface area contributed by atoms with Crippen LogP contribution in [0.15, 0.2) is 27.8 Å². The minimum Gasteiger partial charge on any atom is -0.325 e. The number of H-pyrrole nitrogens is 2.